The molecule has 0 spiro atoms. The summed E-state index contributed by atoms with van der Waals surface area (Å²) in [6, 6.07) is 0.715. The van der Waals surface area contributed by atoms with Gasteiger partial charge in [-0.1, -0.05) is 0 Å². The van der Waals surface area contributed by atoms with Crippen LogP contribution in [0.3, 0.4) is 0 Å². The van der Waals surface area contributed by atoms with Crippen molar-refractivity contribution in [2.24, 2.45) is 5.92 Å². The highest BCUT2D eigenvalue weighted by atomic mass is 16.3. The summed E-state index contributed by atoms with van der Waals surface area (Å²) in [5, 5.41) is 9.17. The van der Waals surface area contributed by atoms with Gasteiger partial charge < -0.3 is 14.6 Å². The standard InChI is InChI=1S/C15H27N3O/c1-13-16-8-11-18(13)10-3-9-17(2)15-6-4-14(12-19)5-7-15/h8,11,14-15,19H,3-7,9-10,12H2,1-2H3. The van der Waals surface area contributed by atoms with Crippen LogP contribution in [-0.4, -0.2) is 45.8 Å². The fourth-order valence-corrected chi connectivity index (χ4v) is 3.08. The number of rotatable bonds is 6. The Labute approximate surface area is 116 Å². The fourth-order valence-electron chi connectivity index (χ4n) is 3.08. The van der Waals surface area contributed by atoms with E-state index in [2.05, 4.69) is 34.6 Å². The number of hydrogen-bond acceptors (Lipinski definition) is 3. The van der Waals surface area contributed by atoms with E-state index in [4.69, 9.17) is 5.11 Å². The average Bonchev–Trinajstić information content (AvgIpc) is 2.84. The van der Waals surface area contributed by atoms with E-state index in [0.29, 0.717) is 18.6 Å². The molecular weight excluding hydrogens is 238 g/mol. The van der Waals surface area contributed by atoms with Crippen molar-refractivity contribution < 1.29 is 5.11 Å². The van der Waals surface area contributed by atoms with Gasteiger partial charge in [-0.2, -0.15) is 0 Å². The molecule has 0 atom stereocenters. The van der Waals surface area contributed by atoms with Gasteiger partial charge in [0.15, 0.2) is 0 Å². The molecule has 0 amide bonds. The predicted octanol–water partition coefficient (Wildman–Crippen LogP) is 2.06. The molecule has 4 heteroatoms. The Balaban J connectivity index is 1.67. The van der Waals surface area contributed by atoms with Crippen LogP contribution in [0.1, 0.15) is 37.9 Å². The van der Waals surface area contributed by atoms with Crippen molar-refractivity contribution in [2.45, 2.75) is 51.6 Å². The lowest BCUT2D eigenvalue weighted by atomic mass is 9.86. The molecule has 1 heterocycles. The van der Waals surface area contributed by atoms with Crippen molar-refractivity contribution >= 4 is 0 Å². The summed E-state index contributed by atoms with van der Waals surface area (Å²) in [6.45, 7) is 4.63. The lowest BCUT2D eigenvalue weighted by Gasteiger charge is -2.34. The zero-order valence-electron chi connectivity index (χ0n) is 12.3. The minimum Gasteiger partial charge on any atom is -0.396 e. The minimum atomic E-state index is 0.371. The summed E-state index contributed by atoms with van der Waals surface area (Å²) in [5.41, 5.74) is 0. The van der Waals surface area contributed by atoms with Gasteiger partial charge in [-0.25, -0.2) is 4.98 Å². The van der Waals surface area contributed by atoms with Gasteiger partial charge in [-0.3, -0.25) is 0 Å². The molecular formula is C15H27N3O. The van der Waals surface area contributed by atoms with Crippen LogP contribution in [0.4, 0.5) is 0 Å². The van der Waals surface area contributed by atoms with Gasteiger partial charge >= 0.3 is 0 Å². The Morgan fingerprint density at radius 1 is 1.37 bits per heavy atom. The van der Waals surface area contributed by atoms with Crippen LogP contribution in [0.2, 0.25) is 0 Å². The molecule has 1 aliphatic carbocycles. The molecule has 1 aromatic heterocycles. The largest absolute Gasteiger partial charge is 0.396 e. The van der Waals surface area contributed by atoms with E-state index in [1.807, 2.05) is 6.20 Å². The quantitative estimate of drug-likeness (QED) is 0.856. The first kappa shape index (κ1) is 14.5. The number of hydrogen-bond donors (Lipinski definition) is 1. The normalized spacial score (nSPS) is 24.0. The van der Waals surface area contributed by atoms with Gasteiger partial charge in [-0.05, 0) is 58.5 Å². The van der Waals surface area contributed by atoms with Crippen molar-refractivity contribution in [2.75, 3.05) is 20.2 Å². The average molecular weight is 265 g/mol. The molecule has 2 rings (SSSR count). The van der Waals surface area contributed by atoms with Crippen molar-refractivity contribution in [3.05, 3.63) is 18.2 Å². The van der Waals surface area contributed by atoms with Crippen LogP contribution in [0, 0.1) is 12.8 Å². The molecule has 4 nitrogen and oxygen atoms in total. The molecule has 1 saturated carbocycles. The van der Waals surface area contributed by atoms with Crippen LogP contribution < -0.4 is 0 Å². The molecule has 0 radical (unpaired) electrons. The third kappa shape index (κ3) is 4.05. The third-order valence-electron chi connectivity index (χ3n) is 4.53. The number of imidazole rings is 1. The molecule has 0 saturated heterocycles. The highest BCUT2D eigenvalue weighted by Crippen LogP contribution is 2.26. The van der Waals surface area contributed by atoms with Crippen molar-refractivity contribution in [1.29, 1.82) is 0 Å². The molecule has 19 heavy (non-hydrogen) atoms. The molecule has 0 bridgehead atoms. The SMILES string of the molecule is Cc1nccn1CCCN(C)C1CCC(CO)CC1. The summed E-state index contributed by atoms with van der Waals surface area (Å²) >= 11 is 0. The van der Waals surface area contributed by atoms with Crippen LogP contribution in [0.25, 0.3) is 0 Å². The molecule has 1 fully saturated rings. The highest BCUT2D eigenvalue weighted by Gasteiger charge is 2.23. The van der Waals surface area contributed by atoms with Crippen LogP contribution in [0.5, 0.6) is 0 Å². The lowest BCUT2D eigenvalue weighted by Crippen LogP contribution is -2.36. The van der Waals surface area contributed by atoms with Crippen molar-refractivity contribution in [3.63, 3.8) is 0 Å². The number of aliphatic hydroxyl groups is 1. The number of nitrogens with zero attached hydrogens (tertiary/aromatic N) is 3. The molecule has 0 aromatic carbocycles. The fraction of sp³-hybridized carbons (Fsp3) is 0.800. The minimum absolute atomic E-state index is 0.371. The third-order valence-corrected chi connectivity index (χ3v) is 4.53. The van der Waals surface area contributed by atoms with E-state index in [1.165, 1.54) is 32.1 Å². The zero-order chi connectivity index (χ0) is 13.7. The Kier molecular flexibility index (Phi) is 5.40. The lowest BCUT2D eigenvalue weighted by molar-refractivity contribution is 0.126. The number of aromatic nitrogens is 2. The molecule has 1 aromatic rings. The summed E-state index contributed by atoms with van der Waals surface area (Å²) in [4.78, 5) is 6.75. The Morgan fingerprint density at radius 3 is 2.68 bits per heavy atom. The van der Waals surface area contributed by atoms with E-state index in [9.17, 15) is 0 Å². The zero-order valence-corrected chi connectivity index (χ0v) is 12.3. The van der Waals surface area contributed by atoms with Gasteiger partial charge in [0.1, 0.15) is 5.82 Å². The van der Waals surface area contributed by atoms with Crippen LogP contribution >= 0.6 is 0 Å². The molecule has 0 aliphatic heterocycles. The first-order valence-electron chi connectivity index (χ1n) is 7.49. The first-order valence-corrected chi connectivity index (χ1v) is 7.49. The van der Waals surface area contributed by atoms with E-state index in [0.717, 1.165) is 18.9 Å². The molecule has 1 N–H and O–H groups in total. The van der Waals surface area contributed by atoms with Gasteiger partial charge in [0.2, 0.25) is 0 Å². The second-order valence-corrected chi connectivity index (χ2v) is 5.86. The Bertz CT molecular complexity index is 369. The smallest absolute Gasteiger partial charge is 0.105 e. The Morgan fingerprint density at radius 2 is 2.11 bits per heavy atom. The van der Waals surface area contributed by atoms with Gasteiger partial charge in [0.05, 0.1) is 0 Å². The van der Waals surface area contributed by atoms with E-state index in [-0.39, 0.29) is 0 Å². The first-order chi connectivity index (χ1) is 9.20. The van der Waals surface area contributed by atoms with Gasteiger partial charge in [0.25, 0.3) is 0 Å². The van der Waals surface area contributed by atoms with E-state index in [1.54, 1.807) is 0 Å². The van der Waals surface area contributed by atoms with Crippen LogP contribution in [-0.2, 0) is 6.54 Å². The van der Waals surface area contributed by atoms with Crippen LogP contribution in [0.15, 0.2) is 12.4 Å². The maximum Gasteiger partial charge on any atom is 0.105 e. The molecule has 1 aliphatic rings. The van der Waals surface area contributed by atoms with E-state index >= 15 is 0 Å². The molecule has 108 valence electrons. The second-order valence-electron chi connectivity index (χ2n) is 5.86. The topological polar surface area (TPSA) is 41.3 Å². The highest BCUT2D eigenvalue weighted by molar-refractivity contribution is 4.88. The molecule has 0 unspecified atom stereocenters. The van der Waals surface area contributed by atoms with Crippen molar-refractivity contribution in [3.8, 4) is 0 Å². The number of aliphatic hydroxyl groups excluding tert-OH is 1. The Hall–Kier alpha value is -0.870. The summed E-state index contributed by atoms with van der Waals surface area (Å²) in [6.07, 6.45) is 9.96. The van der Waals surface area contributed by atoms with Crippen molar-refractivity contribution in [1.82, 2.24) is 14.5 Å². The summed E-state index contributed by atoms with van der Waals surface area (Å²) < 4.78 is 2.22. The second kappa shape index (κ2) is 7.06. The van der Waals surface area contributed by atoms with Gasteiger partial charge in [0, 0.05) is 31.6 Å². The summed E-state index contributed by atoms with van der Waals surface area (Å²) in [5.74, 6) is 1.66. The monoisotopic (exact) mass is 265 g/mol. The predicted molar refractivity (Wildman–Crippen MR) is 77.0 cm³/mol. The summed E-state index contributed by atoms with van der Waals surface area (Å²) in [7, 11) is 2.24. The maximum atomic E-state index is 9.17. The number of aryl methyl sites for hydroxylation is 2. The van der Waals surface area contributed by atoms with E-state index < -0.39 is 0 Å². The van der Waals surface area contributed by atoms with Gasteiger partial charge in [-0.15, -0.1) is 0 Å². The maximum absolute atomic E-state index is 9.17.